The summed E-state index contributed by atoms with van der Waals surface area (Å²) in [5, 5.41) is -0.0856. The van der Waals surface area contributed by atoms with E-state index in [9.17, 15) is 0 Å². The van der Waals surface area contributed by atoms with Crippen LogP contribution >= 0.6 is 34.8 Å². The Kier molecular flexibility index (Phi) is 3.75. The molecule has 1 atom stereocenters. The van der Waals surface area contributed by atoms with Gasteiger partial charge in [-0.05, 0) is 6.42 Å². The van der Waals surface area contributed by atoms with Gasteiger partial charge >= 0.3 is 0 Å². The summed E-state index contributed by atoms with van der Waals surface area (Å²) in [4.78, 5) is 0. The van der Waals surface area contributed by atoms with E-state index in [0.717, 1.165) is 16.7 Å². The molecule has 0 heterocycles. The predicted octanol–water partition coefficient (Wildman–Crippen LogP) is 1.50. The summed E-state index contributed by atoms with van der Waals surface area (Å²) in [7, 11) is 0.720. The molecular weight excluding hydrogens is 182 g/mol. The van der Waals surface area contributed by atoms with Crippen LogP contribution in [0.15, 0.2) is 0 Å². The van der Waals surface area contributed by atoms with Crippen LogP contribution in [0.3, 0.4) is 0 Å². The molecule has 0 fully saturated rings. The van der Waals surface area contributed by atoms with Crippen molar-refractivity contribution >= 4 is 45.0 Å². The molecule has 0 radical (unpaired) electrons. The summed E-state index contributed by atoms with van der Waals surface area (Å²) in [6, 6.07) is 0. The Morgan fingerprint density at radius 3 is 2.00 bits per heavy atom. The van der Waals surface area contributed by atoms with Crippen LogP contribution in [-0.2, 0) is 0 Å². The van der Waals surface area contributed by atoms with Crippen molar-refractivity contribution in [1.29, 1.82) is 0 Å². The predicted molar refractivity (Wildman–Crippen MR) is 44.3 cm³/mol. The maximum Gasteiger partial charge on any atom is 0.113 e. The second kappa shape index (κ2) is 3.30. The largest absolute Gasteiger partial charge is 0.120 e. The molecule has 0 bridgehead atoms. The van der Waals surface area contributed by atoms with Gasteiger partial charge < -0.3 is 0 Å². The second-order valence-corrected chi connectivity index (χ2v) is 6.97. The van der Waals surface area contributed by atoms with Crippen LogP contribution in [0.5, 0.6) is 0 Å². The van der Waals surface area contributed by atoms with Gasteiger partial charge in [0.05, 0.1) is 15.6 Å². The van der Waals surface area contributed by atoms with Gasteiger partial charge in [0, 0.05) is 0 Å². The highest BCUT2D eigenvalue weighted by molar-refractivity contribution is 6.67. The summed E-state index contributed by atoms with van der Waals surface area (Å²) < 4.78 is -0.643. The maximum atomic E-state index is 5.71. The Labute approximate surface area is 67.9 Å². The number of halogens is 3. The van der Waals surface area contributed by atoms with Crippen LogP contribution in [0.2, 0.25) is 0 Å². The highest BCUT2D eigenvalue weighted by atomic mass is 35.5. The molecule has 0 rings (SSSR count). The van der Waals surface area contributed by atoms with Crippen LogP contribution in [0.1, 0.15) is 13.3 Å². The van der Waals surface area contributed by atoms with Crippen molar-refractivity contribution in [3.63, 3.8) is 0 Å². The van der Waals surface area contributed by atoms with Gasteiger partial charge in [-0.2, -0.15) is 0 Å². The van der Waals surface area contributed by atoms with Crippen LogP contribution in [0.4, 0.5) is 0 Å². The Bertz CT molecular complexity index is 68.2. The fourth-order valence-corrected chi connectivity index (χ4v) is 1.08. The van der Waals surface area contributed by atoms with Gasteiger partial charge in [-0.3, -0.25) is 0 Å². The van der Waals surface area contributed by atoms with E-state index in [1.54, 1.807) is 0 Å². The summed E-state index contributed by atoms with van der Waals surface area (Å²) in [6.07, 6.45) is 0.831. The summed E-state index contributed by atoms with van der Waals surface area (Å²) in [5.74, 6) is 0. The van der Waals surface area contributed by atoms with Gasteiger partial charge in [-0.15, -0.1) is 34.8 Å². The Balaban J connectivity index is 3.62. The van der Waals surface area contributed by atoms with Crippen LogP contribution in [-0.4, -0.2) is 19.6 Å². The quantitative estimate of drug-likeness (QED) is 0.458. The minimum absolute atomic E-state index is 0.0856. The molecule has 0 saturated carbocycles. The highest BCUT2D eigenvalue weighted by Gasteiger charge is 2.25. The minimum Gasteiger partial charge on any atom is -0.120 e. The van der Waals surface area contributed by atoms with E-state index in [1.165, 1.54) is 0 Å². The molecule has 0 nitrogen and oxygen atoms in total. The average Bonchev–Trinajstić information content (AvgIpc) is 1.62. The van der Waals surface area contributed by atoms with Gasteiger partial charge in [-0.25, -0.2) is 0 Å². The summed E-state index contributed by atoms with van der Waals surface area (Å²) in [6.45, 7) is 1.97. The molecule has 0 N–H and O–H groups in total. The van der Waals surface area contributed by atoms with Crippen molar-refractivity contribution in [2.75, 3.05) is 0 Å². The lowest BCUT2D eigenvalue weighted by Gasteiger charge is -2.17. The zero-order valence-corrected chi connectivity index (χ0v) is 9.19. The summed E-state index contributed by atoms with van der Waals surface area (Å²) in [5.41, 5.74) is 0. The zero-order chi connectivity index (χ0) is 6.78. The molecule has 0 aliphatic carbocycles. The van der Waals surface area contributed by atoms with Crippen molar-refractivity contribution in [1.82, 2.24) is 0 Å². The lowest BCUT2D eigenvalue weighted by Crippen LogP contribution is -2.25. The molecule has 1 unspecified atom stereocenters. The highest BCUT2D eigenvalue weighted by Crippen LogP contribution is 2.27. The van der Waals surface area contributed by atoms with E-state index >= 15 is 0 Å². The molecule has 0 saturated heterocycles. The number of rotatable bonds is 2. The molecule has 4 heteroatoms. The topological polar surface area (TPSA) is 0 Å². The third kappa shape index (κ3) is 3.18. The van der Waals surface area contributed by atoms with Crippen molar-refractivity contribution in [2.24, 2.45) is 0 Å². The SMILES string of the molecule is CCC(Cl)C([SiH3])(Cl)Cl. The van der Waals surface area contributed by atoms with Crippen LogP contribution in [0, 0.1) is 0 Å². The first-order chi connectivity index (χ1) is 3.48. The number of hydrogen-bond acceptors (Lipinski definition) is 0. The molecule has 0 aromatic rings. The van der Waals surface area contributed by atoms with E-state index in [2.05, 4.69) is 0 Å². The lowest BCUT2D eigenvalue weighted by atomic mass is 10.4. The van der Waals surface area contributed by atoms with Gasteiger partial charge in [0.25, 0.3) is 0 Å². The third-order valence-electron chi connectivity index (χ3n) is 0.908. The smallest absolute Gasteiger partial charge is 0.113 e. The van der Waals surface area contributed by atoms with Crippen molar-refractivity contribution in [2.45, 2.75) is 22.7 Å². The first-order valence-corrected chi connectivity index (χ1v) is 4.69. The maximum absolute atomic E-state index is 5.71. The first kappa shape index (κ1) is 9.09. The fourth-order valence-electron chi connectivity index (χ4n) is 0.358. The normalized spacial score (nSPS) is 16.5. The Morgan fingerprint density at radius 2 is 2.00 bits per heavy atom. The van der Waals surface area contributed by atoms with Crippen LogP contribution < -0.4 is 0 Å². The van der Waals surface area contributed by atoms with Crippen molar-refractivity contribution in [3.05, 3.63) is 0 Å². The molecule has 0 aromatic carbocycles. The summed E-state index contributed by atoms with van der Waals surface area (Å²) >= 11 is 17.1. The third-order valence-corrected chi connectivity index (χ3v) is 3.47. The molecular formula is C4H9Cl3Si. The minimum atomic E-state index is -0.643. The van der Waals surface area contributed by atoms with E-state index in [1.807, 2.05) is 6.92 Å². The van der Waals surface area contributed by atoms with Crippen molar-refractivity contribution in [3.8, 4) is 0 Å². The van der Waals surface area contributed by atoms with Gasteiger partial charge in [0.15, 0.2) is 0 Å². The molecule has 50 valence electrons. The fraction of sp³-hybridized carbons (Fsp3) is 1.00. The molecule has 0 spiro atoms. The lowest BCUT2D eigenvalue weighted by molar-refractivity contribution is 0.832. The molecule has 0 aliphatic rings. The van der Waals surface area contributed by atoms with E-state index in [0.29, 0.717) is 0 Å². The second-order valence-electron chi connectivity index (χ2n) is 1.83. The average molecular weight is 192 g/mol. The van der Waals surface area contributed by atoms with E-state index < -0.39 is 3.96 Å². The molecule has 0 aliphatic heterocycles. The number of hydrogen-bond donors (Lipinski definition) is 0. The van der Waals surface area contributed by atoms with E-state index in [-0.39, 0.29) is 5.38 Å². The van der Waals surface area contributed by atoms with E-state index in [4.69, 9.17) is 34.8 Å². The van der Waals surface area contributed by atoms with Gasteiger partial charge in [0.2, 0.25) is 0 Å². The van der Waals surface area contributed by atoms with Crippen molar-refractivity contribution < 1.29 is 0 Å². The first-order valence-electron chi connectivity index (χ1n) is 2.50. The van der Waals surface area contributed by atoms with Gasteiger partial charge in [-0.1, -0.05) is 6.92 Å². The monoisotopic (exact) mass is 190 g/mol. The molecule has 0 aromatic heterocycles. The molecule has 8 heavy (non-hydrogen) atoms. The van der Waals surface area contributed by atoms with Crippen LogP contribution in [0.25, 0.3) is 0 Å². The van der Waals surface area contributed by atoms with Gasteiger partial charge in [0.1, 0.15) is 3.96 Å². The molecule has 0 amide bonds. The number of alkyl halides is 3. The Hall–Kier alpha value is 1.09. The zero-order valence-electron chi connectivity index (χ0n) is 4.92. The standard InChI is InChI=1S/C4H9Cl3Si/c1-2-3(5)4(6,7)8/h3H,2H2,1,8H3. The Morgan fingerprint density at radius 1 is 1.62 bits per heavy atom.